The Bertz CT molecular complexity index is 934. The molecule has 0 unspecified atom stereocenters. The summed E-state index contributed by atoms with van der Waals surface area (Å²) in [5, 5.41) is 2.83. The van der Waals surface area contributed by atoms with E-state index < -0.39 is 6.04 Å². The van der Waals surface area contributed by atoms with Crippen molar-refractivity contribution in [2.75, 3.05) is 14.2 Å². The van der Waals surface area contributed by atoms with Crippen molar-refractivity contribution in [2.45, 2.75) is 25.8 Å². The molecule has 0 saturated heterocycles. The maximum Gasteiger partial charge on any atom is 0.224 e. The van der Waals surface area contributed by atoms with Gasteiger partial charge in [-0.3, -0.25) is 9.59 Å². The molecule has 0 bridgehead atoms. The summed E-state index contributed by atoms with van der Waals surface area (Å²) in [4.78, 5) is 24.9. The van der Waals surface area contributed by atoms with Crippen LogP contribution in [-0.4, -0.2) is 25.9 Å². The second-order valence-corrected chi connectivity index (χ2v) is 6.65. The molecule has 1 heterocycles. The average molecular weight is 383 g/mol. The topological polar surface area (TPSA) is 64.6 Å². The standard InChI is InChI=1S/C22H22FNO4/c1-13-10-19(27-2)20(28-3)12-15(13)11-18(25)17-8-9-21(26)24-22(17)14-4-6-16(23)7-5-14/h4-8,10,12,22H,9,11H2,1-3H3,(H,24,26)/t22-/m1/s1. The van der Waals surface area contributed by atoms with Crippen molar-refractivity contribution in [3.8, 4) is 11.5 Å². The van der Waals surface area contributed by atoms with Crippen LogP contribution in [0.5, 0.6) is 11.5 Å². The summed E-state index contributed by atoms with van der Waals surface area (Å²) in [6.07, 6.45) is 1.96. The molecule has 0 fully saturated rings. The van der Waals surface area contributed by atoms with Crippen LogP contribution in [-0.2, 0) is 16.0 Å². The number of rotatable bonds is 6. The molecule has 2 aromatic carbocycles. The summed E-state index contributed by atoms with van der Waals surface area (Å²) in [7, 11) is 3.10. The molecule has 5 nitrogen and oxygen atoms in total. The normalized spacial score (nSPS) is 16.2. The van der Waals surface area contributed by atoms with Crippen molar-refractivity contribution in [3.05, 3.63) is 70.6 Å². The fourth-order valence-electron chi connectivity index (χ4n) is 3.30. The Balaban J connectivity index is 1.90. The number of hydrogen-bond acceptors (Lipinski definition) is 4. The quantitative estimate of drug-likeness (QED) is 0.830. The Labute approximate surface area is 163 Å². The number of aryl methyl sites for hydroxylation is 1. The van der Waals surface area contributed by atoms with Gasteiger partial charge in [0.15, 0.2) is 17.3 Å². The van der Waals surface area contributed by atoms with Crippen molar-refractivity contribution >= 4 is 11.7 Å². The summed E-state index contributed by atoms with van der Waals surface area (Å²) in [5.74, 6) is 0.503. The molecular weight excluding hydrogens is 361 g/mol. The zero-order chi connectivity index (χ0) is 20.3. The first kappa shape index (κ1) is 19.6. The second-order valence-electron chi connectivity index (χ2n) is 6.65. The van der Waals surface area contributed by atoms with Gasteiger partial charge in [0.05, 0.1) is 20.3 Å². The number of Topliss-reactive ketones (excluding diaryl/α,β-unsaturated/α-hetero) is 1. The largest absolute Gasteiger partial charge is 0.493 e. The zero-order valence-electron chi connectivity index (χ0n) is 16.0. The van der Waals surface area contributed by atoms with Crippen molar-refractivity contribution in [2.24, 2.45) is 0 Å². The third-order valence-electron chi connectivity index (χ3n) is 4.84. The third-order valence-corrected chi connectivity index (χ3v) is 4.84. The lowest BCUT2D eigenvalue weighted by molar-refractivity contribution is -0.121. The molecule has 3 rings (SSSR count). The van der Waals surface area contributed by atoms with Gasteiger partial charge in [0.25, 0.3) is 0 Å². The fraction of sp³-hybridized carbons (Fsp3) is 0.273. The van der Waals surface area contributed by atoms with Crippen LogP contribution in [0.3, 0.4) is 0 Å². The van der Waals surface area contributed by atoms with Crippen molar-refractivity contribution < 1.29 is 23.5 Å². The van der Waals surface area contributed by atoms with Gasteiger partial charge in [-0.2, -0.15) is 0 Å². The van der Waals surface area contributed by atoms with E-state index in [2.05, 4.69) is 5.32 Å². The first-order chi connectivity index (χ1) is 13.4. The number of amides is 1. The Morgan fingerprint density at radius 2 is 1.79 bits per heavy atom. The predicted molar refractivity (Wildman–Crippen MR) is 103 cm³/mol. The Kier molecular flexibility index (Phi) is 5.78. The van der Waals surface area contributed by atoms with Gasteiger partial charge in [-0.25, -0.2) is 4.39 Å². The molecule has 146 valence electrons. The molecule has 1 aliphatic rings. The Morgan fingerprint density at radius 1 is 1.14 bits per heavy atom. The minimum absolute atomic E-state index is 0.107. The van der Waals surface area contributed by atoms with E-state index in [0.29, 0.717) is 22.6 Å². The van der Waals surface area contributed by atoms with Gasteiger partial charge in [0, 0.05) is 18.4 Å². The van der Waals surface area contributed by atoms with Crippen molar-refractivity contribution in [1.29, 1.82) is 0 Å². The molecule has 0 aromatic heterocycles. The fourth-order valence-corrected chi connectivity index (χ4v) is 3.30. The molecule has 0 saturated carbocycles. The maximum absolute atomic E-state index is 13.3. The highest BCUT2D eigenvalue weighted by Crippen LogP contribution is 2.32. The molecule has 0 aliphatic carbocycles. The second kappa shape index (κ2) is 8.25. The first-order valence-corrected chi connectivity index (χ1v) is 8.92. The smallest absolute Gasteiger partial charge is 0.224 e. The molecule has 2 aromatic rings. The maximum atomic E-state index is 13.3. The number of nitrogens with one attached hydrogen (secondary N) is 1. The Hall–Kier alpha value is -3.15. The van der Waals surface area contributed by atoms with E-state index in [-0.39, 0.29) is 30.3 Å². The van der Waals surface area contributed by atoms with Crippen LogP contribution >= 0.6 is 0 Å². The molecule has 0 spiro atoms. The minimum atomic E-state index is -0.588. The van der Waals surface area contributed by atoms with E-state index in [4.69, 9.17) is 9.47 Å². The van der Waals surface area contributed by atoms with E-state index in [1.165, 1.54) is 12.1 Å². The molecule has 1 atom stereocenters. The van der Waals surface area contributed by atoms with Gasteiger partial charge >= 0.3 is 0 Å². The number of ether oxygens (including phenoxy) is 2. The van der Waals surface area contributed by atoms with Crippen LogP contribution < -0.4 is 14.8 Å². The van der Waals surface area contributed by atoms with Gasteiger partial charge in [-0.1, -0.05) is 18.2 Å². The van der Waals surface area contributed by atoms with Crippen LogP contribution in [0, 0.1) is 12.7 Å². The highest BCUT2D eigenvalue weighted by Gasteiger charge is 2.28. The number of halogens is 1. The van der Waals surface area contributed by atoms with Crippen LogP contribution in [0.1, 0.15) is 29.2 Å². The van der Waals surface area contributed by atoms with Crippen LogP contribution in [0.15, 0.2) is 48.0 Å². The van der Waals surface area contributed by atoms with Crippen LogP contribution in [0.4, 0.5) is 4.39 Å². The summed E-state index contributed by atoms with van der Waals surface area (Å²) in [6, 6.07) is 8.82. The number of benzene rings is 2. The number of carbonyl (C=O) groups excluding carboxylic acids is 2. The van der Waals surface area contributed by atoms with E-state index in [0.717, 1.165) is 11.1 Å². The minimum Gasteiger partial charge on any atom is -0.493 e. The molecule has 1 N–H and O–H groups in total. The van der Waals surface area contributed by atoms with Crippen LogP contribution in [0.25, 0.3) is 0 Å². The van der Waals surface area contributed by atoms with Crippen molar-refractivity contribution in [1.82, 2.24) is 5.32 Å². The number of methoxy groups -OCH3 is 2. The van der Waals surface area contributed by atoms with Gasteiger partial charge in [-0.05, 0) is 47.9 Å². The molecule has 6 heteroatoms. The number of hydrogen-bond donors (Lipinski definition) is 1. The van der Waals surface area contributed by atoms with Gasteiger partial charge < -0.3 is 14.8 Å². The SMILES string of the molecule is COc1cc(C)c(CC(=O)C2=CCC(=O)N[C@@H]2c2ccc(F)cc2)cc1OC. The monoisotopic (exact) mass is 383 g/mol. The van der Waals surface area contributed by atoms with Gasteiger partial charge in [0.1, 0.15) is 5.82 Å². The summed E-state index contributed by atoms with van der Waals surface area (Å²) < 4.78 is 23.9. The number of ketones is 1. The molecule has 1 amide bonds. The lowest BCUT2D eigenvalue weighted by Crippen LogP contribution is -2.35. The number of carbonyl (C=O) groups is 2. The first-order valence-electron chi connectivity index (χ1n) is 8.92. The highest BCUT2D eigenvalue weighted by molar-refractivity contribution is 6.00. The average Bonchev–Trinajstić information content (AvgIpc) is 2.69. The van der Waals surface area contributed by atoms with Gasteiger partial charge in [-0.15, -0.1) is 0 Å². The van der Waals surface area contributed by atoms with Crippen LogP contribution in [0.2, 0.25) is 0 Å². The van der Waals surface area contributed by atoms with E-state index in [1.54, 1.807) is 38.5 Å². The van der Waals surface area contributed by atoms with E-state index in [9.17, 15) is 14.0 Å². The molecular formula is C22H22FNO4. The zero-order valence-corrected chi connectivity index (χ0v) is 16.0. The summed E-state index contributed by atoms with van der Waals surface area (Å²) in [5.41, 5.74) is 2.89. The van der Waals surface area contributed by atoms with E-state index >= 15 is 0 Å². The highest BCUT2D eigenvalue weighted by atomic mass is 19.1. The predicted octanol–water partition coefficient (Wildman–Crippen LogP) is 3.45. The lowest BCUT2D eigenvalue weighted by Gasteiger charge is -2.25. The molecule has 28 heavy (non-hydrogen) atoms. The molecule has 1 aliphatic heterocycles. The van der Waals surface area contributed by atoms with Gasteiger partial charge in [0.2, 0.25) is 5.91 Å². The Morgan fingerprint density at radius 3 is 2.43 bits per heavy atom. The summed E-state index contributed by atoms with van der Waals surface area (Å²) >= 11 is 0. The third kappa shape index (κ3) is 4.06. The van der Waals surface area contributed by atoms with E-state index in [1.807, 2.05) is 13.0 Å². The lowest BCUT2D eigenvalue weighted by atomic mass is 9.88. The summed E-state index contributed by atoms with van der Waals surface area (Å²) in [6.45, 7) is 1.90. The molecule has 0 radical (unpaired) electrons. The van der Waals surface area contributed by atoms with Crippen molar-refractivity contribution in [3.63, 3.8) is 0 Å².